The molecule has 0 aromatic rings. The number of ether oxygens (including phenoxy) is 6. The summed E-state index contributed by atoms with van der Waals surface area (Å²) in [6.45, 7) is 5.99. The molecule has 1 aliphatic carbocycles. The summed E-state index contributed by atoms with van der Waals surface area (Å²) >= 11 is 0. The maximum Gasteiger partial charge on any atom is 0.0837 e. The van der Waals surface area contributed by atoms with Gasteiger partial charge in [0.05, 0.1) is 78.3 Å². The number of fused-ring (bicyclic) bond motifs is 1. The molecule has 0 aromatic carbocycles. The largest absolute Gasteiger partial charge is 0.377 e. The van der Waals surface area contributed by atoms with Crippen molar-refractivity contribution in [1.29, 1.82) is 0 Å². The number of hydrogen-bond acceptors (Lipinski definition) is 6. The molecule has 1 saturated carbocycles. The van der Waals surface area contributed by atoms with Crippen molar-refractivity contribution in [3.05, 3.63) is 0 Å². The van der Waals surface area contributed by atoms with Crippen molar-refractivity contribution in [2.24, 2.45) is 0 Å². The van der Waals surface area contributed by atoms with Gasteiger partial charge in [-0.2, -0.15) is 0 Å². The molecule has 0 bridgehead atoms. The summed E-state index contributed by atoms with van der Waals surface area (Å²) in [5, 5.41) is 0. The van der Waals surface area contributed by atoms with E-state index in [4.69, 9.17) is 28.4 Å². The quantitative estimate of drug-likeness (QED) is 0.673. The van der Waals surface area contributed by atoms with Crippen molar-refractivity contribution in [3.63, 3.8) is 0 Å². The smallest absolute Gasteiger partial charge is 0.0837 e. The average molecular weight is 318 g/mol. The van der Waals surface area contributed by atoms with Gasteiger partial charge in [0, 0.05) is 0 Å². The Hall–Kier alpha value is -0.240. The second kappa shape index (κ2) is 12.2. The van der Waals surface area contributed by atoms with Crippen LogP contribution in [0.15, 0.2) is 0 Å². The molecule has 2 rings (SSSR count). The third-order valence-corrected chi connectivity index (χ3v) is 3.88. The normalized spacial score (nSPS) is 31.6. The molecule has 0 aromatic heterocycles. The van der Waals surface area contributed by atoms with Crippen LogP contribution >= 0.6 is 0 Å². The van der Waals surface area contributed by atoms with Gasteiger partial charge in [-0.3, -0.25) is 0 Å². The highest BCUT2D eigenvalue weighted by Crippen LogP contribution is 2.23. The lowest BCUT2D eigenvalue weighted by Gasteiger charge is -2.31. The van der Waals surface area contributed by atoms with Crippen LogP contribution < -0.4 is 0 Å². The summed E-state index contributed by atoms with van der Waals surface area (Å²) in [6.07, 6.45) is 4.96. The van der Waals surface area contributed by atoms with E-state index < -0.39 is 0 Å². The summed E-state index contributed by atoms with van der Waals surface area (Å²) in [5.41, 5.74) is 0. The lowest BCUT2D eigenvalue weighted by Crippen LogP contribution is -2.36. The van der Waals surface area contributed by atoms with Gasteiger partial charge in [0.15, 0.2) is 0 Å². The van der Waals surface area contributed by atoms with Gasteiger partial charge in [-0.1, -0.05) is 12.8 Å². The molecular weight excluding hydrogens is 288 g/mol. The zero-order valence-electron chi connectivity index (χ0n) is 13.5. The Morgan fingerprint density at radius 3 is 1.09 bits per heavy atom. The average Bonchev–Trinajstić information content (AvgIpc) is 2.55. The Labute approximate surface area is 133 Å². The molecule has 1 saturated heterocycles. The number of hydrogen-bond donors (Lipinski definition) is 0. The van der Waals surface area contributed by atoms with Gasteiger partial charge in [-0.05, 0) is 12.8 Å². The van der Waals surface area contributed by atoms with Crippen LogP contribution in [0.3, 0.4) is 0 Å². The van der Waals surface area contributed by atoms with Gasteiger partial charge in [0.2, 0.25) is 0 Å². The predicted molar refractivity (Wildman–Crippen MR) is 81.2 cm³/mol. The Kier molecular flexibility index (Phi) is 10.1. The van der Waals surface area contributed by atoms with Crippen LogP contribution in [0.1, 0.15) is 25.7 Å². The van der Waals surface area contributed by atoms with Crippen LogP contribution in [-0.2, 0) is 28.4 Å². The van der Waals surface area contributed by atoms with Crippen molar-refractivity contribution in [2.75, 3.05) is 66.1 Å². The lowest BCUT2D eigenvalue weighted by atomic mass is 9.94. The topological polar surface area (TPSA) is 55.4 Å². The second-order valence-corrected chi connectivity index (χ2v) is 5.55. The van der Waals surface area contributed by atoms with E-state index in [0.717, 1.165) is 12.8 Å². The molecule has 0 N–H and O–H groups in total. The highest BCUT2D eigenvalue weighted by Gasteiger charge is 2.26. The summed E-state index contributed by atoms with van der Waals surface area (Å²) < 4.78 is 33.7. The minimum atomic E-state index is 0.191. The van der Waals surface area contributed by atoms with E-state index in [2.05, 4.69) is 0 Å². The molecule has 2 fully saturated rings. The van der Waals surface area contributed by atoms with Gasteiger partial charge < -0.3 is 28.4 Å². The van der Waals surface area contributed by atoms with Gasteiger partial charge in [-0.25, -0.2) is 0 Å². The molecule has 0 amide bonds. The second-order valence-electron chi connectivity index (χ2n) is 5.55. The monoisotopic (exact) mass is 318 g/mol. The minimum Gasteiger partial charge on any atom is -0.377 e. The first-order valence-corrected chi connectivity index (χ1v) is 8.51. The summed E-state index contributed by atoms with van der Waals surface area (Å²) in [6, 6.07) is 0. The summed E-state index contributed by atoms with van der Waals surface area (Å²) in [7, 11) is 0. The third kappa shape index (κ3) is 7.85. The highest BCUT2D eigenvalue weighted by atomic mass is 16.6. The molecular formula is C16H30O6. The van der Waals surface area contributed by atoms with Crippen LogP contribution in [0.2, 0.25) is 0 Å². The van der Waals surface area contributed by atoms with Gasteiger partial charge in [0.1, 0.15) is 0 Å². The molecule has 130 valence electrons. The molecule has 2 aliphatic rings. The maximum atomic E-state index is 5.94. The SMILES string of the molecule is C1CC[C@H]2OCCOCCOCCOCCOCCO[C@H]2C1. The summed E-state index contributed by atoms with van der Waals surface area (Å²) in [5.74, 6) is 0. The number of rotatable bonds is 0. The van der Waals surface area contributed by atoms with Crippen molar-refractivity contribution >= 4 is 0 Å². The standard InChI is InChI=1S/C16H30O6/c1-2-4-16-15(3-1)21-13-11-19-9-7-17-5-6-18-8-10-20-12-14-22-16/h15-16H,1-14H2/t15-,16+. The minimum absolute atomic E-state index is 0.191. The first-order valence-electron chi connectivity index (χ1n) is 8.51. The molecule has 0 radical (unpaired) electrons. The van der Waals surface area contributed by atoms with E-state index in [0.29, 0.717) is 66.1 Å². The van der Waals surface area contributed by atoms with E-state index in [9.17, 15) is 0 Å². The predicted octanol–water partition coefficient (Wildman–Crippen LogP) is 1.41. The van der Waals surface area contributed by atoms with Crippen LogP contribution in [0.5, 0.6) is 0 Å². The van der Waals surface area contributed by atoms with E-state index in [1.54, 1.807) is 0 Å². The zero-order valence-corrected chi connectivity index (χ0v) is 13.5. The Morgan fingerprint density at radius 2 is 0.727 bits per heavy atom. The molecule has 22 heavy (non-hydrogen) atoms. The first-order chi connectivity index (χ1) is 11.0. The van der Waals surface area contributed by atoms with Crippen molar-refractivity contribution in [3.8, 4) is 0 Å². The van der Waals surface area contributed by atoms with Gasteiger partial charge in [-0.15, -0.1) is 0 Å². The maximum absolute atomic E-state index is 5.94. The highest BCUT2D eigenvalue weighted by molar-refractivity contribution is 4.76. The van der Waals surface area contributed by atoms with E-state index >= 15 is 0 Å². The zero-order chi connectivity index (χ0) is 15.3. The van der Waals surface area contributed by atoms with Crippen molar-refractivity contribution < 1.29 is 28.4 Å². The van der Waals surface area contributed by atoms with E-state index in [1.807, 2.05) is 0 Å². The van der Waals surface area contributed by atoms with Crippen molar-refractivity contribution in [1.82, 2.24) is 0 Å². The van der Waals surface area contributed by atoms with Gasteiger partial charge >= 0.3 is 0 Å². The van der Waals surface area contributed by atoms with Crippen molar-refractivity contribution in [2.45, 2.75) is 37.9 Å². The Balaban J connectivity index is 1.69. The Bertz CT molecular complexity index is 237. The fourth-order valence-corrected chi connectivity index (χ4v) is 2.72. The van der Waals surface area contributed by atoms with Gasteiger partial charge in [0.25, 0.3) is 0 Å². The molecule has 2 atom stereocenters. The van der Waals surface area contributed by atoms with Crippen LogP contribution in [0.25, 0.3) is 0 Å². The fourth-order valence-electron chi connectivity index (χ4n) is 2.72. The van der Waals surface area contributed by atoms with E-state index in [-0.39, 0.29) is 12.2 Å². The van der Waals surface area contributed by atoms with Crippen LogP contribution in [-0.4, -0.2) is 78.3 Å². The van der Waals surface area contributed by atoms with E-state index in [1.165, 1.54) is 12.8 Å². The summed E-state index contributed by atoms with van der Waals surface area (Å²) in [4.78, 5) is 0. The lowest BCUT2D eigenvalue weighted by molar-refractivity contribution is -0.113. The van der Waals surface area contributed by atoms with Crippen LogP contribution in [0.4, 0.5) is 0 Å². The molecule has 1 heterocycles. The Morgan fingerprint density at radius 1 is 0.409 bits per heavy atom. The molecule has 6 nitrogen and oxygen atoms in total. The molecule has 6 heteroatoms. The first kappa shape index (κ1) is 18.1. The molecule has 0 spiro atoms. The fraction of sp³-hybridized carbons (Fsp3) is 1.00. The molecule has 0 unspecified atom stereocenters. The molecule has 1 aliphatic heterocycles. The third-order valence-electron chi connectivity index (χ3n) is 3.88. The van der Waals surface area contributed by atoms with Crippen LogP contribution in [0, 0.1) is 0 Å².